The number of carboxylic acids is 1. The van der Waals surface area contributed by atoms with Gasteiger partial charge in [0.2, 0.25) is 5.91 Å². The van der Waals surface area contributed by atoms with Crippen LogP contribution >= 0.6 is 0 Å². The summed E-state index contributed by atoms with van der Waals surface area (Å²) in [5.74, 6) is -0.841. The van der Waals surface area contributed by atoms with Crippen LogP contribution in [-0.2, 0) is 16.0 Å². The van der Waals surface area contributed by atoms with Crippen molar-refractivity contribution < 1.29 is 19.2 Å². The summed E-state index contributed by atoms with van der Waals surface area (Å²) in [4.78, 5) is 22.0. The first-order valence-corrected chi connectivity index (χ1v) is 4.85. The van der Waals surface area contributed by atoms with Gasteiger partial charge in [0.05, 0.1) is 12.1 Å². The summed E-state index contributed by atoms with van der Waals surface area (Å²) in [7, 11) is 0. The van der Waals surface area contributed by atoms with Crippen molar-refractivity contribution in [3.05, 3.63) is 17.0 Å². The van der Waals surface area contributed by atoms with Crippen LogP contribution in [0.2, 0.25) is 0 Å². The summed E-state index contributed by atoms with van der Waals surface area (Å²) in [6.45, 7) is 4.86. The number of rotatable bonds is 4. The maximum atomic E-state index is 11.5. The van der Waals surface area contributed by atoms with E-state index in [0.717, 1.165) is 0 Å². The number of aliphatic carboxylic acids is 1. The number of carbonyl (C=O) groups is 2. The van der Waals surface area contributed by atoms with Crippen LogP contribution in [0.1, 0.15) is 23.9 Å². The third-order valence-corrected chi connectivity index (χ3v) is 2.27. The molecule has 16 heavy (non-hydrogen) atoms. The van der Waals surface area contributed by atoms with E-state index >= 15 is 0 Å². The molecule has 0 unspecified atom stereocenters. The van der Waals surface area contributed by atoms with Crippen molar-refractivity contribution in [1.29, 1.82) is 0 Å². The van der Waals surface area contributed by atoms with E-state index in [1.807, 2.05) is 0 Å². The van der Waals surface area contributed by atoms with E-state index in [-0.39, 0.29) is 12.3 Å². The fourth-order valence-corrected chi connectivity index (χ4v) is 1.27. The van der Waals surface area contributed by atoms with Gasteiger partial charge in [-0.15, -0.1) is 0 Å². The number of amides is 1. The molecule has 1 heterocycles. The van der Waals surface area contributed by atoms with E-state index in [4.69, 9.17) is 9.63 Å². The smallest absolute Gasteiger partial charge is 0.325 e. The van der Waals surface area contributed by atoms with E-state index in [0.29, 0.717) is 17.0 Å². The number of aromatic nitrogens is 1. The third-order valence-electron chi connectivity index (χ3n) is 2.27. The Morgan fingerprint density at radius 3 is 2.56 bits per heavy atom. The summed E-state index contributed by atoms with van der Waals surface area (Å²) in [6, 6.07) is -0.895. The van der Waals surface area contributed by atoms with Crippen molar-refractivity contribution in [2.45, 2.75) is 33.2 Å². The molecule has 0 aliphatic heterocycles. The molecular formula is C10H14N2O4. The molecule has 6 heteroatoms. The lowest BCUT2D eigenvalue weighted by molar-refractivity contribution is -0.141. The number of carboxylic acid groups (broad SMARTS) is 1. The highest BCUT2D eigenvalue weighted by Gasteiger charge is 2.17. The third kappa shape index (κ3) is 2.82. The quantitative estimate of drug-likeness (QED) is 0.776. The summed E-state index contributed by atoms with van der Waals surface area (Å²) in [6.07, 6.45) is 0.0821. The molecule has 6 nitrogen and oxygen atoms in total. The van der Waals surface area contributed by atoms with Gasteiger partial charge in [0.25, 0.3) is 0 Å². The maximum absolute atomic E-state index is 11.5. The number of aryl methyl sites for hydroxylation is 2. The van der Waals surface area contributed by atoms with Crippen LogP contribution in [0.25, 0.3) is 0 Å². The van der Waals surface area contributed by atoms with Gasteiger partial charge in [-0.05, 0) is 20.8 Å². The maximum Gasteiger partial charge on any atom is 0.325 e. The first kappa shape index (κ1) is 12.2. The zero-order chi connectivity index (χ0) is 12.3. The van der Waals surface area contributed by atoms with Gasteiger partial charge in [-0.3, -0.25) is 9.59 Å². The number of nitrogens with one attached hydrogen (secondary N) is 1. The first-order chi connectivity index (χ1) is 7.41. The van der Waals surface area contributed by atoms with Crippen LogP contribution in [0.3, 0.4) is 0 Å². The predicted molar refractivity (Wildman–Crippen MR) is 54.9 cm³/mol. The molecule has 88 valence electrons. The van der Waals surface area contributed by atoms with E-state index < -0.39 is 12.0 Å². The molecule has 0 fully saturated rings. The minimum atomic E-state index is -1.06. The average molecular weight is 226 g/mol. The summed E-state index contributed by atoms with van der Waals surface area (Å²) >= 11 is 0. The van der Waals surface area contributed by atoms with Gasteiger partial charge in [0.1, 0.15) is 11.8 Å². The van der Waals surface area contributed by atoms with Gasteiger partial charge in [-0.25, -0.2) is 0 Å². The monoisotopic (exact) mass is 226 g/mol. The molecule has 0 radical (unpaired) electrons. The van der Waals surface area contributed by atoms with Crippen molar-refractivity contribution in [3.8, 4) is 0 Å². The first-order valence-electron chi connectivity index (χ1n) is 4.85. The molecule has 0 saturated heterocycles. The average Bonchev–Trinajstić information content (AvgIpc) is 2.49. The second kappa shape index (κ2) is 4.78. The van der Waals surface area contributed by atoms with Gasteiger partial charge in [-0.2, -0.15) is 0 Å². The van der Waals surface area contributed by atoms with Crippen molar-refractivity contribution in [1.82, 2.24) is 10.5 Å². The van der Waals surface area contributed by atoms with Crippen LogP contribution < -0.4 is 5.32 Å². The Bertz CT molecular complexity index is 391. The van der Waals surface area contributed by atoms with E-state index in [1.54, 1.807) is 13.8 Å². The zero-order valence-corrected chi connectivity index (χ0v) is 9.40. The highest BCUT2D eigenvalue weighted by atomic mass is 16.5. The summed E-state index contributed by atoms with van der Waals surface area (Å²) in [5.41, 5.74) is 1.35. The molecule has 0 spiro atoms. The molecule has 1 atom stereocenters. The number of hydrogen-bond donors (Lipinski definition) is 2. The van der Waals surface area contributed by atoms with Gasteiger partial charge >= 0.3 is 5.97 Å². The van der Waals surface area contributed by atoms with Crippen LogP contribution in [0.5, 0.6) is 0 Å². The van der Waals surface area contributed by atoms with Gasteiger partial charge in [0, 0.05) is 5.56 Å². The standard InChI is InChI=1S/C10H14N2O4/c1-5-8(7(3)16-12-5)4-9(13)11-6(2)10(14)15/h6H,4H2,1-3H3,(H,11,13)(H,14,15)/t6-/m0/s1. The van der Waals surface area contributed by atoms with Crippen LogP contribution in [-0.4, -0.2) is 28.2 Å². The molecule has 0 aliphatic rings. The van der Waals surface area contributed by atoms with Gasteiger partial charge < -0.3 is 14.9 Å². The molecule has 1 aromatic heterocycles. The Morgan fingerprint density at radius 2 is 2.12 bits per heavy atom. The number of hydrogen-bond acceptors (Lipinski definition) is 4. The van der Waals surface area contributed by atoms with Gasteiger partial charge in [-0.1, -0.05) is 5.16 Å². The van der Waals surface area contributed by atoms with Crippen molar-refractivity contribution in [2.24, 2.45) is 0 Å². The number of carbonyl (C=O) groups excluding carboxylic acids is 1. The fourth-order valence-electron chi connectivity index (χ4n) is 1.27. The highest BCUT2D eigenvalue weighted by Crippen LogP contribution is 2.12. The second-order valence-electron chi connectivity index (χ2n) is 3.61. The summed E-state index contributed by atoms with van der Waals surface area (Å²) in [5, 5.41) is 14.7. The molecule has 0 aliphatic carbocycles. The molecule has 0 bridgehead atoms. The largest absolute Gasteiger partial charge is 0.480 e. The molecule has 1 aromatic rings. The Labute approximate surface area is 92.6 Å². The Morgan fingerprint density at radius 1 is 1.50 bits per heavy atom. The van der Waals surface area contributed by atoms with Gasteiger partial charge in [0.15, 0.2) is 0 Å². The Kier molecular flexibility index (Phi) is 3.65. The molecule has 1 amide bonds. The van der Waals surface area contributed by atoms with Crippen molar-refractivity contribution in [3.63, 3.8) is 0 Å². The molecular weight excluding hydrogens is 212 g/mol. The molecule has 0 aromatic carbocycles. The van der Waals surface area contributed by atoms with Crippen molar-refractivity contribution in [2.75, 3.05) is 0 Å². The number of nitrogens with zero attached hydrogens (tertiary/aromatic N) is 1. The molecule has 0 saturated carbocycles. The highest BCUT2D eigenvalue weighted by molar-refractivity contribution is 5.84. The van der Waals surface area contributed by atoms with Crippen LogP contribution in [0.15, 0.2) is 4.52 Å². The minimum Gasteiger partial charge on any atom is -0.480 e. The molecule has 1 rings (SSSR count). The predicted octanol–water partition coefficient (Wildman–Crippen LogP) is 0.423. The van der Waals surface area contributed by atoms with Crippen molar-refractivity contribution >= 4 is 11.9 Å². The Hall–Kier alpha value is -1.85. The van der Waals surface area contributed by atoms with E-state index in [1.165, 1.54) is 6.92 Å². The lowest BCUT2D eigenvalue weighted by Gasteiger charge is -2.08. The SMILES string of the molecule is Cc1noc(C)c1CC(=O)N[C@@H](C)C(=O)O. The summed E-state index contributed by atoms with van der Waals surface area (Å²) < 4.78 is 4.90. The lowest BCUT2D eigenvalue weighted by atomic mass is 10.1. The van der Waals surface area contributed by atoms with E-state index in [2.05, 4.69) is 10.5 Å². The van der Waals surface area contributed by atoms with Crippen LogP contribution in [0.4, 0.5) is 0 Å². The normalized spacial score (nSPS) is 12.2. The fraction of sp³-hybridized carbons (Fsp3) is 0.500. The Balaban J connectivity index is 2.62. The minimum absolute atomic E-state index is 0.0821. The van der Waals surface area contributed by atoms with E-state index in [9.17, 15) is 9.59 Å². The van der Waals surface area contributed by atoms with Crippen LogP contribution in [0, 0.1) is 13.8 Å². The second-order valence-corrected chi connectivity index (χ2v) is 3.61. The molecule has 2 N–H and O–H groups in total. The zero-order valence-electron chi connectivity index (χ0n) is 9.40. The topological polar surface area (TPSA) is 92.4 Å². The lowest BCUT2D eigenvalue weighted by Crippen LogP contribution is -2.39.